The fraction of sp³-hybridized carbons (Fsp3) is 0.533. The second kappa shape index (κ2) is 7.28. The maximum atomic E-state index is 11.8. The summed E-state index contributed by atoms with van der Waals surface area (Å²) in [5.41, 5.74) is 5.90. The van der Waals surface area contributed by atoms with Crippen molar-refractivity contribution >= 4 is 6.09 Å². The molecule has 1 aliphatic rings. The van der Waals surface area contributed by atoms with Gasteiger partial charge in [0.15, 0.2) is 0 Å². The maximum Gasteiger partial charge on any atom is 0.407 e. The number of aliphatic hydroxyl groups excluding tert-OH is 1. The Kier molecular flexibility index (Phi) is 5.91. The molecule has 0 aromatic rings. The molecule has 0 unspecified atom stereocenters. The Hall–Kier alpha value is -2.35. The summed E-state index contributed by atoms with van der Waals surface area (Å²) in [6.45, 7) is 8.57. The third-order valence-electron chi connectivity index (χ3n) is 3.19. The highest BCUT2D eigenvalue weighted by atomic mass is 16.6. The summed E-state index contributed by atoms with van der Waals surface area (Å²) in [5.74, 6) is 0. The number of amides is 1. The number of nitrogens with zero attached hydrogens (tertiary/aromatic N) is 1. The standard InChI is InChI=1S/C15H23N3O5/c1-5-10(18(21)22)6-9-7-13(19)12(8-11(9)16)17-14(20)23-15(2,3)4/h5-6,12-13,19H,1,7-8,16H2,2-4H3,(H,17,20)/b10-6+/t12-,13+/m1/s1. The highest BCUT2D eigenvalue weighted by Crippen LogP contribution is 2.25. The third-order valence-corrected chi connectivity index (χ3v) is 3.19. The van der Waals surface area contributed by atoms with Gasteiger partial charge in [0.25, 0.3) is 5.70 Å². The van der Waals surface area contributed by atoms with E-state index < -0.39 is 28.8 Å². The summed E-state index contributed by atoms with van der Waals surface area (Å²) in [6, 6.07) is -0.607. The number of hydrogen-bond acceptors (Lipinski definition) is 6. The lowest BCUT2D eigenvalue weighted by molar-refractivity contribution is -0.419. The van der Waals surface area contributed by atoms with E-state index in [9.17, 15) is 20.0 Å². The van der Waals surface area contributed by atoms with Crippen LogP contribution in [0.3, 0.4) is 0 Å². The third kappa shape index (κ3) is 5.74. The number of rotatable bonds is 4. The topological polar surface area (TPSA) is 128 Å². The number of carbonyl (C=O) groups is 1. The number of aliphatic hydroxyl groups is 1. The zero-order valence-corrected chi connectivity index (χ0v) is 13.5. The molecular weight excluding hydrogens is 302 g/mol. The fourth-order valence-electron chi connectivity index (χ4n) is 2.13. The van der Waals surface area contributed by atoms with Crippen molar-refractivity contribution in [2.24, 2.45) is 5.73 Å². The molecule has 0 saturated heterocycles. The first kappa shape index (κ1) is 18.7. The molecule has 0 saturated carbocycles. The highest BCUT2D eigenvalue weighted by Gasteiger charge is 2.30. The largest absolute Gasteiger partial charge is 0.444 e. The molecule has 23 heavy (non-hydrogen) atoms. The lowest BCUT2D eigenvalue weighted by Crippen LogP contribution is -2.48. The fourth-order valence-corrected chi connectivity index (χ4v) is 2.13. The molecule has 128 valence electrons. The van der Waals surface area contributed by atoms with Gasteiger partial charge in [0.05, 0.1) is 17.1 Å². The first-order chi connectivity index (χ1) is 10.5. The van der Waals surface area contributed by atoms with Crippen LogP contribution < -0.4 is 11.1 Å². The van der Waals surface area contributed by atoms with E-state index in [-0.39, 0.29) is 18.5 Å². The normalized spacial score (nSPS) is 22.5. The van der Waals surface area contributed by atoms with Gasteiger partial charge in [-0.2, -0.15) is 0 Å². The quantitative estimate of drug-likeness (QED) is 0.409. The average molecular weight is 325 g/mol. The molecule has 0 radical (unpaired) electrons. The Morgan fingerprint density at radius 3 is 2.61 bits per heavy atom. The van der Waals surface area contributed by atoms with Crippen molar-refractivity contribution in [1.82, 2.24) is 5.32 Å². The van der Waals surface area contributed by atoms with E-state index in [1.165, 1.54) is 6.08 Å². The predicted molar refractivity (Wildman–Crippen MR) is 84.9 cm³/mol. The van der Waals surface area contributed by atoms with Crippen molar-refractivity contribution < 1.29 is 19.6 Å². The Labute approximate surface area is 134 Å². The lowest BCUT2D eigenvalue weighted by atomic mass is 9.89. The zero-order valence-electron chi connectivity index (χ0n) is 13.5. The lowest BCUT2D eigenvalue weighted by Gasteiger charge is -2.30. The number of allylic oxidation sites excluding steroid dienone is 2. The van der Waals surface area contributed by atoms with Crippen LogP contribution in [0.25, 0.3) is 0 Å². The second-order valence-corrected chi connectivity index (χ2v) is 6.31. The number of ether oxygens (including phenoxy) is 1. The van der Waals surface area contributed by atoms with E-state index in [0.29, 0.717) is 11.3 Å². The van der Waals surface area contributed by atoms with Gasteiger partial charge in [-0.3, -0.25) is 10.1 Å². The smallest absolute Gasteiger partial charge is 0.407 e. The van der Waals surface area contributed by atoms with Crippen LogP contribution in [-0.4, -0.2) is 33.9 Å². The number of alkyl carbamates (subject to hydrolysis) is 1. The summed E-state index contributed by atoms with van der Waals surface area (Å²) in [7, 11) is 0. The number of nitro groups is 1. The van der Waals surface area contributed by atoms with Crippen LogP contribution in [0.15, 0.2) is 35.7 Å². The Balaban J connectivity index is 2.84. The summed E-state index contributed by atoms with van der Waals surface area (Å²) in [4.78, 5) is 22.0. The van der Waals surface area contributed by atoms with E-state index in [1.54, 1.807) is 20.8 Å². The van der Waals surface area contributed by atoms with Gasteiger partial charge in [0.2, 0.25) is 0 Å². The molecule has 1 rings (SSSR count). The van der Waals surface area contributed by atoms with Gasteiger partial charge >= 0.3 is 6.09 Å². The van der Waals surface area contributed by atoms with E-state index in [4.69, 9.17) is 10.5 Å². The molecule has 4 N–H and O–H groups in total. The molecular formula is C15H23N3O5. The molecule has 1 amide bonds. The monoisotopic (exact) mass is 325 g/mol. The minimum Gasteiger partial charge on any atom is -0.444 e. The van der Waals surface area contributed by atoms with E-state index in [1.807, 2.05) is 0 Å². The molecule has 0 heterocycles. The van der Waals surface area contributed by atoms with Crippen LogP contribution in [0.5, 0.6) is 0 Å². The first-order valence-electron chi connectivity index (χ1n) is 7.17. The van der Waals surface area contributed by atoms with E-state index >= 15 is 0 Å². The van der Waals surface area contributed by atoms with Crippen LogP contribution in [0.1, 0.15) is 33.6 Å². The number of nitrogens with two attached hydrogens (primary N) is 1. The average Bonchev–Trinajstić information content (AvgIpc) is 2.38. The van der Waals surface area contributed by atoms with Gasteiger partial charge in [0, 0.05) is 30.7 Å². The second-order valence-electron chi connectivity index (χ2n) is 6.31. The van der Waals surface area contributed by atoms with Crippen molar-refractivity contribution in [2.75, 3.05) is 0 Å². The van der Waals surface area contributed by atoms with Crippen molar-refractivity contribution in [1.29, 1.82) is 0 Å². The molecule has 1 aliphatic carbocycles. The van der Waals surface area contributed by atoms with Gasteiger partial charge in [-0.05, 0) is 26.3 Å². The minimum atomic E-state index is -0.918. The van der Waals surface area contributed by atoms with Crippen molar-refractivity contribution in [3.63, 3.8) is 0 Å². The highest BCUT2D eigenvalue weighted by molar-refractivity contribution is 5.68. The van der Waals surface area contributed by atoms with Crippen LogP contribution in [0, 0.1) is 10.1 Å². The molecule has 8 nitrogen and oxygen atoms in total. The summed E-state index contributed by atoms with van der Waals surface area (Å²) in [6.07, 6.45) is 1.10. The van der Waals surface area contributed by atoms with Crippen molar-refractivity contribution in [3.8, 4) is 0 Å². The number of carbonyl (C=O) groups excluding carboxylic acids is 1. The molecule has 2 atom stereocenters. The molecule has 0 fully saturated rings. The Bertz CT molecular complexity index is 560. The number of nitrogens with one attached hydrogen (secondary N) is 1. The summed E-state index contributed by atoms with van der Waals surface area (Å²) < 4.78 is 5.13. The molecule has 0 spiro atoms. The molecule has 0 aromatic carbocycles. The number of hydrogen-bond donors (Lipinski definition) is 3. The van der Waals surface area contributed by atoms with Crippen LogP contribution in [0.4, 0.5) is 4.79 Å². The predicted octanol–water partition coefficient (Wildman–Crippen LogP) is 1.59. The molecule has 0 aliphatic heterocycles. The van der Waals surface area contributed by atoms with E-state index in [2.05, 4.69) is 11.9 Å². The molecule has 0 aromatic heterocycles. The van der Waals surface area contributed by atoms with E-state index in [0.717, 1.165) is 6.08 Å². The summed E-state index contributed by atoms with van der Waals surface area (Å²) >= 11 is 0. The van der Waals surface area contributed by atoms with Gasteiger partial charge < -0.3 is 20.9 Å². The minimum absolute atomic E-state index is 0.0947. The van der Waals surface area contributed by atoms with Crippen LogP contribution in [0.2, 0.25) is 0 Å². The first-order valence-corrected chi connectivity index (χ1v) is 7.17. The summed E-state index contributed by atoms with van der Waals surface area (Å²) in [5, 5.41) is 23.5. The molecule has 8 heteroatoms. The van der Waals surface area contributed by atoms with Crippen LogP contribution >= 0.6 is 0 Å². The van der Waals surface area contributed by atoms with Gasteiger partial charge in [-0.25, -0.2) is 4.79 Å². The van der Waals surface area contributed by atoms with Crippen LogP contribution in [-0.2, 0) is 4.74 Å². The molecule has 0 bridgehead atoms. The Morgan fingerprint density at radius 2 is 2.13 bits per heavy atom. The SMILES string of the molecule is C=C/C(=C\C1=C(N)C[C@@H](NC(=O)OC(C)(C)C)[C@@H](O)C1)[N+](=O)[O-]. The van der Waals surface area contributed by atoms with Crippen molar-refractivity contribution in [2.45, 2.75) is 51.4 Å². The van der Waals surface area contributed by atoms with Crippen molar-refractivity contribution in [3.05, 3.63) is 45.8 Å². The van der Waals surface area contributed by atoms with Gasteiger partial charge in [-0.15, -0.1) is 0 Å². The van der Waals surface area contributed by atoms with Gasteiger partial charge in [0.1, 0.15) is 5.60 Å². The maximum absolute atomic E-state index is 11.8. The zero-order chi connectivity index (χ0) is 17.8. The van der Waals surface area contributed by atoms with Gasteiger partial charge in [-0.1, -0.05) is 6.58 Å². The Morgan fingerprint density at radius 1 is 1.52 bits per heavy atom.